The summed E-state index contributed by atoms with van der Waals surface area (Å²) in [4.78, 5) is 14.5. The summed E-state index contributed by atoms with van der Waals surface area (Å²) in [6.45, 7) is 6.23. The first-order chi connectivity index (χ1) is 9.99. The molecule has 0 saturated carbocycles. The summed E-state index contributed by atoms with van der Waals surface area (Å²) in [5, 5.41) is 0. The molecule has 0 radical (unpaired) electrons. The van der Waals surface area contributed by atoms with Gasteiger partial charge in [0, 0.05) is 23.1 Å². The van der Waals surface area contributed by atoms with E-state index in [1.165, 1.54) is 0 Å². The second-order valence-corrected chi connectivity index (χ2v) is 6.73. The van der Waals surface area contributed by atoms with E-state index in [4.69, 9.17) is 10.5 Å². The topological polar surface area (TPSA) is 55.6 Å². The summed E-state index contributed by atoms with van der Waals surface area (Å²) >= 11 is 3.45. The summed E-state index contributed by atoms with van der Waals surface area (Å²) in [6, 6.07) is 5.56. The lowest BCUT2D eigenvalue weighted by molar-refractivity contribution is 0.0692. The molecule has 0 aliphatic carbocycles. The number of carbonyl (C=O) groups is 1. The number of ether oxygens (including phenoxy) is 1. The average molecular weight is 355 g/mol. The van der Waals surface area contributed by atoms with Crippen LogP contribution in [0.5, 0.6) is 5.75 Å². The molecule has 1 aromatic rings. The van der Waals surface area contributed by atoms with E-state index in [0.717, 1.165) is 36.2 Å². The molecule has 1 fully saturated rings. The molecule has 1 aromatic carbocycles. The van der Waals surface area contributed by atoms with Crippen molar-refractivity contribution in [2.24, 2.45) is 11.7 Å². The van der Waals surface area contributed by atoms with Crippen LogP contribution in [0.15, 0.2) is 22.7 Å². The van der Waals surface area contributed by atoms with Crippen LogP contribution in [0.2, 0.25) is 0 Å². The smallest absolute Gasteiger partial charge is 0.254 e. The van der Waals surface area contributed by atoms with Crippen LogP contribution >= 0.6 is 15.9 Å². The molecule has 0 aromatic heterocycles. The summed E-state index contributed by atoms with van der Waals surface area (Å²) in [7, 11) is 0. The molecule has 2 N–H and O–H groups in total. The van der Waals surface area contributed by atoms with E-state index in [1.807, 2.05) is 36.9 Å². The van der Waals surface area contributed by atoms with Gasteiger partial charge in [-0.1, -0.05) is 15.9 Å². The molecular weight excluding hydrogens is 332 g/mol. The maximum absolute atomic E-state index is 12.6. The number of benzene rings is 1. The molecule has 1 heterocycles. The van der Waals surface area contributed by atoms with E-state index >= 15 is 0 Å². The molecule has 116 valence electrons. The Bertz CT molecular complexity index is 497. The number of hydrogen-bond acceptors (Lipinski definition) is 3. The summed E-state index contributed by atoms with van der Waals surface area (Å²) < 4.78 is 6.55. The van der Waals surface area contributed by atoms with Crippen molar-refractivity contribution in [3.63, 3.8) is 0 Å². The number of nitrogens with two attached hydrogens (primary N) is 1. The molecular formula is C16H23BrN2O2. The van der Waals surface area contributed by atoms with Gasteiger partial charge in [0.15, 0.2) is 0 Å². The molecule has 1 amide bonds. The minimum Gasteiger partial charge on any atom is -0.491 e. The fourth-order valence-electron chi connectivity index (χ4n) is 2.58. The highest BCUT2D eigenvalue weighted by Crippen LogP contribution is 2.25. The van der Waals surface area contributed by atoms with E-state index in [1.54, 1.807) is 0 Å². The second kappa shape index (κ2) is 7.27. The molecule has 5 heteroatoms. The largest absolute Gasteiger partial charge is 0.491 e. The summed E-state index contributed by atoms with van der Waals surface area (Å²) in [6.07, 6.45) is 2.07. The number of hydrogen-bond donors (Lipinski definition) is 1. The Labute approximate surface area is 134 Å². The Kier molecular flexibility index (Phi) is 5.65. The molecule has 1 saturated heterocycles. The van der Waals surface area contributed by atoms with Crippen molar-refractivity contribution in [1.29, 1.82) is 0 Å². The fraction of sp³-hybridized carbons (Fsp3) is 0.562. The number of halogens is 1. The molecule has 2 rings (SSSR count). The number of rotatable bonds is 4. The molecule has 0 unspecified atom stereocenters. The first kappa shape index (κ1) is 16.3. The zero-order valence-electron chi connectivity index (χ0n) is 12.6. The third kappa shape index (κ3) is 4.45. The Morgan fingerprint density at radius 3 is 2.62 bits per heavy atom. The van der Waals surface area contributed by atoms with E-state index in [2.05, 4.69) is 15.9 Å². The van der Waals surface area contributed by atoms with Crippen molar-refractivity contribution < 1.29 is 9.53 Å². The van der Waals surface area contributed by atoms with Crippen LogP contribution in [0.4, 0.5) is 0 Å². The first-order valence-corrected chi connectivity index (χ1v) is 8.25. The van der Waals surface area contributed by atoms with Gasteiger partial charge in [0.05, 0.1) is 6.10 Å². The Morgan fingerprint density at radius 1 is 1.38 bits per heavy atom. The standard InChI is InChI=1S/C16H23BrN2O2/c1-11(2)21-15-8-13(7-14(17)9-15)16(20)19-5-3-12(10-18)4-6-19/h7-9,11-12H,3-6,10,18H2,1-2H3. The molecule has 0 atom stereocenters. The van der Waals surface area contributed by atoms with E-state index < -0.39 is 0 Å². The van der Waals surface area contributed by atoms with E-state index in [9.17, 15) is 4.79 Å². The number of nitrogens with zero attached hydrogens (tertiary/aromatic N) is 1. The van der Waals surface area contributed by atoms with Crippen molar-refractivity contribution in [2.75, 3.05) is 19.6 Å². The molecule has 1 aliphatic rings. The van der Waals surface area contributed by atoms with Crippen molar-refractivity contribution in [1.82, 2.24) is 4.90 Å². The molecule has 4 nitrogen and oxygen atoms in total. The van der Waals surface area contributed by atoms with Crippen LogP contribution in [-0.2, 0) is 0 Å². The van der Waals surface area contributed by atoms with Crippen LogP contribution in [-0.4, -0.2) is 36.5 Å². The van der Waals surface area contributed by atoms with Gasteiger partial charge in [-0.05, 0) is 57.4 Å². The minimum absolute atomic E-state index is 0.0698. The zero-order valence-corrected chi connectivity index (χ0v) is 14.2. The third-order valence-electron chi connectivity index (χ3n) is 3.73. The van der Waals surface area contributed by atoms with Crippen LogP contribution in [0, 0.1) is 5.92 Å². The van der Waals surface area contributed by atoms with Crippen LogP contribution in [0.1, 0.15) is 37.0 Å². The van der Waals surface area contributed by atoms with Crippen molar-refractivity contribution >= 4 is 21.8 Å². The van der Waals surface area contributed by atoms with Crippen LogP contribution < -0.4 is 10.5 Å². The molecule has 21 heavy (non-hydrogen) atoms. The minimum atomic E-state index is 0.0698. The molecule has 0 bridgehead atoms. The van der Waals surface area contributed by atoms with Gasteiger partial charge in [-0.25, -0.2) is 0 Å². The Morgan fingerprint density at radius 2 is 2.05 bits per heavy atom. The number of amides is 1. The van der Waals surface area contributed by atoms with Crippen LogP contribution in [0.3, 0.4) is 0 Å². The maximum Gasteiger partial charge on any atom is 0.254 e. The predicted molar refractivity (Wildman–Crippen MR) is 87.6 cm³/mol. The number of carbonyl (C=O) groups excluding carboxylic acids is 1. The highest BCUT2D eigenvalue weighted by Gasteiger charge is 2.23. The Hall–Kier alpha value is -1.07. The third-order valence-corrected chi connectivity index (χ3v) is 4.18. The average Bonchev–Trinajstić information content (AvgIpc) is 2.45. The van der Waals surface area contributed by atoms with Gasteiger partial charge in [0.1, 0.15) is 5.75 Å². The lowest BCUT2D eigenvalue weighted by Crippen LogP contribution is -2.40. The quantitative estimate of drug-likeness (QED) is 0.903. The highest BCUT2D eigenvalue weighted by atomic mass is 79.9. The van der Waals surface area contributed by atoms with Crippen molar-refractivity contribution in [3.8, 4) is 5.75 Å². The van der Waals surface area contributed by atoms with Gasteiger partial charge in [0.25, 0.3) is 5.91 Å². The molecule has 1 aliphatic heterocycles. The maximum atomic E-state index is 12.6. The normalized spacial score (nSPS) is 16.3. The van der Waals surface area contributed by atoms with Crippen LogP contribution in [0.25, 0.3) is 0 Å². The lowest BCUT2D eigenvalue weighted by Gasteiger charge is -2.31. The predicted octanol–water partition coefficient (Wildman–Crippen LogP) is 3.05. The van der Waals surface area contributed by atoms with Gasteiger partial charge >= 0.3 is 0 Å². The molecule has 0 spiro atoms. The number of likely N-dealkylation sites (tertiary alicyclic amines) is 1. The summed E-state index contributed by atoms with van der Waals surface area (Å²) in [5.41, 5.74) is 6.37. The monoisotopic (exact) mass is 354 g/mol. The van der Waals surface area contributed by atoms with E-state index in [0.29, 0.717) is 18.0 Å². The fourth-order valence-corrected chi connectivity index (χ4v) is 3.05. The first-order valence-electron chi connectivity index (χ1n) is 7.46. The van der Waals surface area contributed by atoms with Gasteiger partial charge < -0.3 is 15.4 Å². The number of piperidine rings is 1. The van der Waals surface area contributed by atoms with E-state index in [-0.39, 0.29) is 12.0 Å². The van der Waals surface area contributed by atoms with Crippen molar-refractivity contribution in [3.05, 3.63) is 28.2 Å². The van der Waals surface area contributed by atoms with Gasteiger partial charge in [0.2, 0.25) is 0 Å². The second-order valence-electron chi connectivity index (χ2n) is 5.81. The summed E-state index contributed by atoms with van der Waals surface area (Å²) in [5.74, 6) is 1.34. The lowest BCUT2D eigenvalue weighted by atomic mass is 9.96. The van der Waals surface area contributed by atoms with Gasteiger partial charge in [-0.15, -0.1) is 0 Å². The van der Waals surface area contributed by atoms with Crippen molar-refractivity contribution in [2.45, 2.75) is 32.8 Å². The van der Waals surface area contributed by atoms with Gasteiger partial charge in [-0.2, -0.15) is 0 Å². The zero-order chi connectivity index (χ0) is 15.4. The SMILES string of the molecule is CC(C)Oc1cc(Br)cc(C(=O)N2CCC(CN)CC2)c1. The highest BCUT2D eigenvalue weighted by molar-refractivity contribution is 9.10. The Balaban J connectivity index is 2.10. The van der Waals surface area contributed by atoms with Gasteiger partial charge in [-0.3, -0.25) is 4.79 Å².